The molecule has 1 saturated heterocycles. The maximum atomic E-state index is 12.2. The Labute approximate surface area is 72.5 Å². The highest BCUT2D eigenvalue weighted by molar-refractivity contribution is 5.89. The summed E-state index contributed by atoms with van der Waals surface area (Å²) in [4.78, 5) is 4.69. The van der Waals surface area contributed by atoms with Crippen molar-refractivity contribution in [3.8, 4) is 0 Å². The van der Waals surface area contributed by atoms with Crippen LogP contribution in [0.3, 0.4) is 0 Å². The van der Waals surface area contributed by atoms with Crippen LogP contribution in [-0.4, -0.2) is 31.2 Å². The molecule has 6 heteroatoms. The molecule has 2 heterocycles. The zero-order valence-corrected chi connectivity index (χ0v) is 6.67. The Morgan fingerprint density at radius 3 is 2.85 bits per heavy atom. The van der Waals surface area contributed by atoms with Crippen LogP contribution in [0.25, 0.3) is 0 Å². The largest absolute Gasteiger partial charge is 0.414 e. The van der Waals surface area contributed by atoms with Crippen LogP contribution in [0.2, 0.25) is 0 Å². The number of oxime groups is 1. The van der Waals surface area contributed by atoms with Gasteiger partial charge in [0.15, 0.2) is 6.10 Å². The topological polar surface area (TPSA) is 30.8 Å². The third-order valence-corrected chi connectivity index (χ3v) is 2.22. The Hall–Kier alpha value is -0.780. The van der Waals surface area contributed by atoms with Gasteiger partial charge >= 0.3 is 6.18 Å². The van der Waals surface area contributed by atoms with E-state index in [2.05, 4.69) is 9.89 Å². The lowest BCUT2D eigenvalue weighted by molar-refractivity contribution is -0.223. The fraction of sp³-hybridized carbons (Fsp3) is 0.857. The van der Waals surface area contributed by atoms with E-state index in [1.807, 2.05) is 0 Å². The van der Waals surface area contributed by atoms with E-state index in [-0.39, 0.29) is 25.6 Å². The minimum atomic E-state index is -4.27. The number of hydrogen-bond acceptors (Lipinski definition) is 3. The third-order valence-electron chi connectivity index (χ3n) is 2.22. The van der Waals surface area contributed by atoms with Crippen molar-refractivity contribution < 1.29 is 22.7 Å². The first-order chi connectivity index (χ1) is 6.07. The minimum absolute atomic E-state index is 0.0607. The van der Waals surface area contributed by atoms with Crippen LogP contribution in [0.15, 0.2) is 5.16 Å². The summed E-state index contributed by atoms with van der Waals surface area (Å²) in [6.45, 7) is 0.195. The summed E-state index contributed by atoms with van der Waals surface area (Å²) in [6, 6.07) is 0. The van der Waals surface area contributed by atoms with Crippen LogP contribution in [0.5, 0.6) is 0 Å². The van der Waals surface area contributed by atoms with Crippen molar-refractivity contribution in [2.24, 2.45) is 11.1 Å². The van der Waals surface area contributed by atoms with E-state index in [9.17, 15) is 13.2 Å². The smallest absolute Gasteiger partial charge is 0.395 e. The number of nitrogens with zero attached hydrogens (tertiary/aromatic N) is 1. The Bertz CT molecular complexity index is 238. The van der Waals surface area contributed by atoms with E-state index >= 15 is 0 Å². The number of fused-ring (bicyclic) bond motifs is 1. The Kier molecular flexibility index (Phi) is 1.94. The molecule has 2 aliphatic rings. The molecule has 0 aliphatic carbocycles. The molecule has 13 heavy (non-hydrogen) atoms. The summed E-state index contributed by atoms with van der Waals surface area (Å²) in [5.74, 6) is -0.208. The molecule has 2 rings (SSSR count). The van der Waals surface area contributed by atoms with Crippen molar-refractivity contribution in [2.45, 2.75) is 18.7 Å². The molecule has 1 unspecified atom stereocenters. The molecule has 1 fully saturated rings. The van der Waals surface area contributed by atoms with Crippen LogP contribution in [-0.2, 0) is 9.57 Å². The molecule has 0 aromatic carbocycles. The van der Waals surface area contributed by atoms with E-state index < -0.39 is 12.3 Å². The monoisotopic (exact) mass is 195 g/mol. The number of ether oxygens (including phenoxy) is 1. The fourth-order valence-corrected chi connectivity index (χ4v) is 1.47. The lowest BCUT2D eigenvalue weighted by Crippen LogP contribution is -2.41. The van der Waals surface area contributed by atoms with Crippen LogP contribution < -0.4 is 0 Å². The second-order valence-electron chi connectivity index (χ2n) is 3.15. The fourth-order valence-electron chi connectivity index (χ4n) is 1.47. The first-order valence-corrected chi connectivity index (χ1v) is 3.94. The highest BCUT2D eigenvalue weighted by atomic mass is 19.4. The molecule has 0 amide bonds. The average molecular weight is 195 g/mol. The molecule has 2 atom stereocenters. The Morgan fingerprint density at radius 2 is 2.15 bits per heavy atom. The highest BCUT2D eigenvalue weighted by Gasteiger charge is 2.46. The predicted molar refractivity (Wildman–Crippen MR) is 37.3 cm³/mol. The minimum Gasteiger partial charge on any atom is -0.395 e. The second-order valence-corrected chi connectivity index (χ2v) is 3.15. The maximum absolute atomic E-state index is 12.2. The molecule has 0 aromatic heterocycles. The molecule has 0 saturated carbocycles. The zero-order chi connectivity index (χ0) is 9.47. The van der Waals surface area contributed by atoms with Crippen LogP contribution in [0, 0.1) is 5.92 Å². The standard InChI is InChI=1S/C7H8F3NO2/c8-7(9,10)6-1-4-2-13-11-5(4)3-12-6/h4,6H,1-3H2/t4?,6-/m1/s1. The van der Waals surface area contributed by atoms with Gasteiger partial charge in [0.1, 0.15) is 6.61 Å². The maximum Gasteiger partial charge on any atom is 0.414 e. The normalized spacial score (nSPS) is 33.6. The van der Waals surface area contributed by atoms with Crippen molar-refractivity contribution in [3.05, 3.63) is 0 Å². The Morgan fingerprint density at radius 1 is 1.38 bits per heavy atom. The van der Waals surface area contributed by atoms with Gasteiger partial charge in [-0.2, -0.15) is 13.2 Å². The van der Waals surface area contributed by atoms with Crippen LogP contribution in [0.4, 0.5) is 13.2 Å². The van der Waals surface area contributed by atoms with Gasteiger partial charge in [-0.25, -0.2) is 0 Å². The molecule has 0 aromatic rings. The average Bonchev–Trinajstić information content (AvgIpc) is 2.47. The van der Waals surface area contributed by atoms with Gasteiger partial charge in [0, 0.05) is 5.92 Å². The summed E-state index contributed by atoms with van der Waals surface area (Å²) in [5, 5.41) is 3.60. The zero-order valence-electron chi connectivity index (χ0n) is 6.67. The van der Waals surface area contributed by atoms with Gasteiger partial charge in [-0.05, 0) is 6.42 Å². The molecule has 74 valence electrons. The van der Waals surface area contributed by atoms with E-state index in [1.165, 1.54) is 0 Å². The molecule has 0 spiro atoms. The summed E-state index contributed by atoms with van der Waals surface area (Å²) < 4.78 is 41.2. The van der Waals surface area contributed by atoms with Gasteiger partial charge in [0.25, 0.3) is 0 Å². The highest BCUT2D eigenvalue weighted by Crippen LogP contribution is 2.33. The molecule has 0 radical (unpaired) electrons. The molecular formula is C7H8F3NO2. The van der Waals surface area contributed by atoms with Crippen molar-refractivity contribution in [3.63, 3.8) is 0 Å². The van der Waals surface area contributed by atoms with E-state index in [0.717, 1.165) is 0 Å². The van der Waals surface area contributed by atoms with E-state index in [4.69, 9.17) is 4.84 Å². The molecule has 0 N–H and O–H groups in total. The molecule has 0 bridgehead atoms. The summed E-state index contributed by atoms with van der Waals surface area (Å²) in [7, 11) is 0. The molecular weight excluding hydrogens is 187 g/mol. The van der Waals surface area contributed by atoms with E-state index in [1.54, 1.807) is 0 Å². The first-order valence-electron chi connectivity index (χ1n) is 3.94. The number of rotatable bonds is 0. The summed E-state index contributed by atoms with van der Waals surface area (Å²) in [5.41, 5.74) is 0.598. The molecule has 2 aliphatic heterocycles. The second kappa shape index (κ2) is 2.87. The predicted octanol–water partition coefficient (Wildman–Crippen LogP) is 1.34. The number of alkyl halides is 3. The van der Waals surface area contributed by atoms with Crippen LogP contribution in [0.1, 0.15) is 6.42 Å². The van der Waals surface area contributed by atoms with Gasteiger partial charge in [-0.3, -0.25) is 0 Å². The quantitative estimate of drug-likeness (QED) is 0.584. The first kappa shape index (κ1) is 8.80. The summed E-state index contributed by atoms with van der Waals surface area (Å²) in [6.07, 6.45) is -5.99. The van der Waals surface area contributed by atoms with Crippen molar-refractivity contribution in [1.82, 2.24) is 0 Å². The SMILES string of the molecule is FC(F)(F)[C@H]1CC2CON=C2CO1. The van der Waals surface area contributed by atoms with Gasteiger partial charge < -0.3 is 9.57 Å². The van der Waals surface area contributed by atoms with Gasteiger partial charge in [-0.15, -0.1) is 0 Å². The van der Waals surface area contributed by atoms with Crippen molar-refractivity contribution in [2.75, 3.05) is 13.2 Å². The van der Waals surface area contributed by atoms with Gasteiger partial charge in [-0.1, -0.05) is 5.16 Å². The number of halogens is 3. The number of hydrogen-bond donors (Lipinski definition) is 0. The molecule has 3 nitrogen and oxygen atoms in total. The van der Waals surface area contributed by atoms with Gasteiger partial charge in [0.05, 0.1) is 12.3 Å². The lowest BCUT2D eigenvalue weighted by atomic mass is 9.95. The lowest BCUT2D eigenvalue weighted by Gasteiger charge is -2.27. The summed E-state index contributed by atoms with van der Waals surface area (Å²) >= 11 is 0. The van der Waals surface area contributed by atoms with Crippen LogP contribution >= 0.6 is 0 Å². The Balaban J connectivity index is 2.03. The van der Waals surface area contributed by atoms with Gasteiger partial charge in [0.2, 0.25) is 0 Å². The third kappa shape index (κ3) is 1.63. The van der Waals surface area contributed by atoms with E-state index in [0.29, 0.717) is 5.71 Å². The van der Waals surface area contributed by atoms with Crippen molar-refractivity contribution in [1.29, 1.82) is 0 Å². The van der Waals surface area contributed by atoms with Crippen molar-refractivity contribution >= 4 is 5.71 Å².